The van der Waals surface area contributed by atoms with Crippen LogP contribution in [0.4, 0.5) is 11.4 Å². The molecule has 0 aliphatic rings. The summed E-state index contributed by atoms with van der Waals surface area (Å²) in [6.07, 6.45) is 0.958. The van der Waals surface area contributed by atoms with Crippen LogP contribution >= 0.6 is 12.2 Å². The second-order valence-corrected chi connectivity index (χ2v) is 7.13. The van der Waals surface area contributed by atoms with Crippen molar-refractivity contribution >= 4 is 34.6 Å². The molecule has 0 aliphatic heterocycles. The molecule has 2 aromatic carbocycles. The maximum absolute atomic E-state index is 12.3. The number of thiocarbonyl (C=S) groups is 1. The number of ether oxygens (including phenoxy) is 1. The molecule has 0 spiro atoms. The Hall–Kier alpha value is -3.00. The van der Waals surface area contributed by atoms with Gasteiger partial charge < -0.3 is 10.1 Å². The first-order chi connectivity index (χ1) is 13.3. The summed E-state index contributed by atoms with van der Waals surface area (Å²) >= 11 is 5.15. The first kappa shape index (κ1) is 21.3. The normalized spacial score (nSPS) is 10.4. The van der Waals surface area contributed by atoms with Crippen LogP contribution < -0.4 is 15.4 Å². The highest BCUT2D eigenvalue weighted by molar-refractivity contribution is 7.80. The molecular weight excluding hydrogens is 378 g/mol. The Morgan fingerprint density at radius 3 is 2.50 bits per heavy atom. The average Bonchev–Trinajstić information content (AvgIpc) is 2.63. The van der Waals surface area contributed by atoms with Crippen molar-refractivity contribution < 1.29 is 14.5 Å². The minimum Gasteiger partial charge on any atom is -0.494 e. The number of rotatable bonds is 7. The van der Waals surface area contributed by atoms with E-state index in [9.17, 15) is 14.9 Å². The minimum atomic E-state index is -0.489. The van der Waals surface area contributed by atoms with Gasteiger partial charge in [0.2, 0.25) is 0 Å². The van der Waals surface area contributed by atoms with Gasteiger partial charge in [-0.3, -0.25) is 20.2 Å². The number of non-ortho nitro benzene ring substituents is 1. The maximum Gasteiger partial charge on any atom is 0.271 e. The zero-order chi connectivity index (χ0) is 20.7. The SMILES string of the molecule is Cc1ccc([N+](=O)[O-])cc1NC(=S)NC(=O)c1ccc(OCCC(C)C)cc1. The molecule has 0 unspecified atom stereocenters. The average molecular weight is 401 g/mol. The van der Waals surface area contributed by atoms with Crippen molar-refractivity contribution in [1.29, 1.82) is 0 Å². The second kappa shape index (κ2) is 9.80. The summed E-state index contributed by atoms with van der Waals surface area (Å²) < 4.78 is 5.63. The third kappa shape index (κ3) is 6.31. The highest BCUT2D eigenvalue weighted by Gasteiger charge is 2.12. The number of benzene rings is 2. The maximum atomic E-state index is 12.3. The highest BCUT2D eigenvalue weighted by atomic mass is 32.1. The zero-order valence-electron chi connectivity index (χ0n) is 16.0. The van der Waals surface area contributed by atoms with Gasteiger partial charge in [-0.15, -0.1) is 0 Å². The largest absolute Gasteiger partial charge is 0.494 e. The summed E-state index contributed by atoms with van der Waals surface area (Å²) in [7, 11) is 0. The molecule has 0 bridgehead atoms. The quantitative estimate of drug-likeness (QED) is 0.404. The van der Waals surface area contributed by atoms with Gasteiger partial charge in [0.25, 0.3) is 11.6 Å². The molecule has 2 rings (SSSR count). The number of nitro benzene ring substituents is 1. The lowest BCUT2D eigenvalue weighted by molar-refractivity contribution is -0.384. The number of carbonyl (C=O) groups excluding carboxylic acids is 1. The van der Waals surface area contributed by atoms with Crippen molar-refractivity contribution in [2.45, 2.75) is 27.2 Å². The van der Waals surface area contributed by atoms with Gasteiger partial charge in [0, 0.05) is 23.4 Å². The standard InChI is InChI=1S/C20H23N3O4S/c1-13(2)10-11-27-17-8-5-15(6-9-17)19(24)22-20(28)21-18-12-16(23(25)26)7-4-14(18)3/h4-9,12-13H,10-11H2,1-3H3,(H2,21,22,24,28). The Morgan fingerprint density at radius 1 is 1.21 bits per heavy atom. The summed E-state index contributed by atoms with van der Waals surface area (Å²) in [5.41, 5.74) is 1.60. The molecule has 148 valence electrons. The van der Waals surface area contributed by atoms with Crippen LogP contribution in [0.15, 0.2) is 42.5 Å². The summed E-state index contributed by atoms with van der Waals surface area (Å²) in [5, 5.41) is 16.4. The van der Waals surface area contributed by atoms with E-state index in [4.69, 9.17) is 17.0 Å². The molecule has 2 N–H and O–H groups in total. The van der Waals surface area contributed by atoms with Gasteiger partial charge in [-0.05, 0) is 61.3 Å². The Kier molecular flexibility index (Phi) is 7.45. The summed E-state index contributed by atoms with van der Waals surface area (Å²) in [4.78, 5) is 22.7. The predicted molar refractivity (Wildman–Crippen MR) is 113 cm³/mol. The fourth-order valence-electron chi connectivity index (χ4n) is 2.30. The molecule has 28 heavy (non-hydrogen) atoms. The van der Waals surface area contributed by atoms with E-state index in [0.29, 0.717) is 29.5 Å². The first-order valence-corrected chi connectivity index (χ1v) is 9.27. The molecule has 0 saturated heterocycles. The van der Waals surface area contributed by atoms with Gasteiger partial charge in [0.1, 0.15) is 5.75 Å². The second-order valence-electron chi connectivity index (χ2n) is 6.72. The lowest BCUT2D eigenvalue weighted by Gasteiger charge is -2.12. The van der Waals surface area contributed by atoms with Crippen molar-refractivity contribution in [3.8, 4) is 5.75 Å². The molecule has 0 aliphatic carbocycles. The lowest BCUT2D eigenvalue weighted by Crippen LogP contribution is -2.34. The predicted octanol–water partition coefficient (Wildman–Crippen LogP) is 4.45. The Bertz CT molecular complexity index is 866. The first-order valence-electron chi connectivity index (χ1n) is 8.86. The number of nitrogens with one attached hydrogen (secondary N) is 2. The monoisotopic (exact) mass is 401 g/mol. The van der Waals surface area contributed by atoms with Crippen molar-refractivity contribution in [1.82, 2.24) is 5.32 Å². The molecule has 0 atom stereocenters. The topological polar surface area (TPSA) is 93.5 Å². The number of carbonyl (C=O) groups is 1. The van der Waals surface area contributed by atoms with Crippen LogP contribution in [0.3, 0.4) is 0 Å². The van der Waals surface area contributed by atoms with E-state index in [1.54, 1.807) is 37.3 Å². The van der Waals surface area contributed by atoms with E-state index in [-0.39, 0.29) is 16.7 Å². The Morgan fingerprint density at radius 2 is 1.89 bits per heavy atom. The molecule has 0 fully saturated rings. The molecule has 0 radical (unpaired) electrons. The van der Waals surface area contributed by atoms with Crippen molar-refractivity contribution in [2.75, 3.05) is 11.9 Å². The van der Waals surface area contributed by atoms with Crippen LogP contribution in [0.5, 0.6) is 5.75 Å². The van der Waals surface area contributed by atoms with Crippen molar-refractivity contribution in [3.63, 3.8) is 0 Å². The summed E-state index contributed by atoms with van der Waals surface area (Å²) in [6.45, 7) is 6.67. The van der Waals surface area contributed by atoms with Crippen LogP contribution in [0.2, 0.25) is 0 Å². The fraction of sp³-hybridized carbons (Fsp3) is 0.300. The number of amides is 1. The Balaban J connectivity index is 1.94. The van der Waals surface area contributed by atoms with Gasteiger partial charge >= 0.3 is 0 Å². The molecule has 0 heterocycles. The number of nitro groups is 1. The van der Waals surface area contributed by atoms with E-state index >= 15 is 0 Å². The number of nitrogens with zero attached hydrogens (tertiary/aromatic N) is 1. The molecule has 7 nitrogen and oxygen atoms in total. The third-order valence-corrected chi connectivity index (χ3v) is 4.19. The van der Waals surface area contributed by atoms with Crippen molar-refractivity contribution in [3.05, 3.63) is 63.7 Å². The van der Waals surface area contributed by atoms with Crippen LogP contribution in [-0.2, 0) is 0 Å². The number of hydrogen-bond acceptors (Lipinski definition) is 5. The fourth-order valence-corrected chi connectivity index (χ4v) is 2.50. The van der Waals surface area contributed by atoms with Gasteiger partial charge in [-0.2, -0.15) is 0 Å². The van der Waals surface area contributed by atoms with E-state index < -0.39 is 4.92 Å². The van der Waals surface area contributed by atoms with Crippen LogP contribution in [-0.4, -0.2) is 22.5 Å². The molecule has 0 saturated carbocycles. The molecule has 0 aromatic heterocycles. The highest BCUT2D eigenvalue weighted by Crippen LogP contribution is 2.21. The summed E-state index contributed by atoms with van der Waals surface area (Å²) in [5.74, 6) is 0.882. The van der Waals surface area contributed by atoms with Crippen LogP contribution in [0.1, 0.15) is 36.2 Å². The van der Waals surface area contributed by atoms with Gasteiger partial charge in [0.15, 0.2) is 5.11 Å². The molecular formula is C20H23N3O4S. The van der Waals surface area contributed by atoms with Crippen LogP contribution in [0.25, 0.3) is 0 Å². The molecule has 1 amide bonds. The Labute approximate surface area is 169 Å². The van der Waals surface area contributed by atoms with Gasteiger partial charge in [-0.1, -0.05) is 19.9 Å². The zero-order valence-corrected chi connectivity index (χ0v) is 16.8. The molecule has 8 heteroatoms. The van der Waals surface area contributed by atoms with Gasteiger partial charge in [0.05, 0.1) is 11.5 Å². The lowest BCUT2D eigenvalue weighted by atomic mass is 10.1. The molecule has 2 aromatic rings. The van der Waals surface area contributed by atoms with E-state index in [0.717, 1.165) is 12.0 Å². The third-order valence-electron chi connectivity index (χ3n) is 3.99. The van der Waals surface area contributed by atoms with E-state index in [1.807, 2.05) is 0 Å². The number of hydrogen-bond donors (Lipinski definition) is 2. The van der Waals surface area contributed by atoms with Gasteiger partial charge in [-0.25, -0.2) is 0 Å². The van der Waals surface area contributed by atoms with E-state index in [2.05, 4.69) is 24.5 Å². The minimum absolute atomic E-state index is 0.0599. The number of anilines is 1. The van der Waals surface area contributed by atoms with Crippen LogP contribution in [0, 0.1) is 23.0 Å². The van der Waals surface area contributed by atoms with Crippen molar-refractivity contribution in [2.24, 2.45) is 5.92 Å². The number of aryl methyl sites for hydroxylation is 1. The smallest absolute Gasteiger partial charge is 0.271 e. The summed E-state index contributed by atoms with van der Waals surface area (Å²) in [6, 6.07) is 11.2. The van der Waals surface area contributed by atoms with E-state index in [1.165, 1.54) is 12.1 Å².